The average molecular weight is 281 g/mol. The van der Waals surface area contributed by atoms with Crippen LogP contribution in [-0.4, -0.2) is 23.0 Å². The van der Waals surface area contributed by atoms with Crippen molar-refractivity contribution in [3.8, 4) is 0 Å². The molecule has 2 N–H and O–H groups in total. The highest BCUT2D eigenvalue weighted by Gasteiger charge is 2.13. The summed E-state index contributed by atoms with van der Waals surface area (Å²) in [4.78, 5) is 23.9. The van der Waals surface area contributed by atoms with Crippen molar-refractivity contribution in [1.82, 2.24) is 5.32 Å². The van der Waals surface area contributed by atoms with Crippen LogP contribution in [0.5, 0.6) is 0 Å². The Labute approximate surface area is 117 Å². The third-order valence-electron chi connectivity index (χ3n) is 2.66. The van der Waals surface area contributed by atoms with E-state index < -0.39 is 5.97 Å². The zero-order valence-corrected chi connectivity index (χ0v) is 12.2. The van der Waals surface area contributed by atoms with Gasteiger partial charge in [0.1, 0.15) is 0 Å². The van der Waals surface area contributed by atoms with Gasteiger partial charge in [0.05, 0.1) is 4.88 Å². The molecule has 5 heteroatoms. The summed E-state index contributed by atoms with van der Waals surface area (Å²) in [5, 5.41) is 11.5. The van der Waals surface area contributed by atoms with Gasteiger partial charge in [-0.25, -0.2) is 4.79 Å². The van der Waals surface area contributed by atoms with Crippen molar-refractivity contribution in [3.05, 3.63) is 27.5 Å². The van der Waals surface area contributed by atoms with E-state index in [1.807, 2.05) is 13.8 Å². The lowest BCUT2D eigenvalue weighted by atomic mass is 10.2. The van der Waals surface area contributed by atoms with Crippen LogP contribution in [0.15, 0.2) is 12.1 Å². The van der Waals surface area contributed by atoms with E-state index in [-0.39, 0.29) is 11.9 Å². The van der Waals surface area contributed by atoms with Gasteiger partial charge in [-0.2, -0.15) is 0 Å². The van der Waals surface area contributed by atoms with Crippen molar-refractivity contribution in [3.63, 3.8) is 0 Å². The van der Waals surface area contributed by atoms with Gasteiger partial charge < -0.3 is 10.4 Å². The van der Waals surface area contributed by atoms with Gasteiger partial charge in [-0.15, -0.1) is 11.3 Å². The van der Waals surface area contributed by atoms with Gasteiger partial charge in [0.2, 0.25) is 0 Å². The number of aryl methyl sites for hydroxylation is 1. The van der Waals surface area contributed by atoms with Gasteiger partial charge in [0.15, 0.2) is 0 Å². The number of carbonyl (C=O) groups is 2. The van der Waals surface area contributed by atoms with Crippen molar-refractivity contribution >= 4 is 29.3 Å². The standard InChI is InChI=1S/C14H19NO3S/c1-4-5-10(3)15-14(18)12-8-9(2)11(19-12)6-7-13(16)17/h6-8,10H,4-5H2,1-3H3,(H,15,18)(H,16,17). The number of aliphatic carboxylic acids is 1. The number of rotatable bonds is 6. The van der Waals surface area contributed by atoms with E-state index in [1.54, 1.807) is 6.07 Å². The third-order valence-corrected chi connectivity index (χ3v) is 3.86. The van der Waals surface area contributed by atoms with Gasteiger partial charge in [0.25, 0.3) is 5.91 Å². The molecule has 0 radical (unpaired) electrons. The summed E-state index contributed by atoms with van der Waals surface area (Å²) >= 11 is 1.31. The monoisotopic (exact) mass is 281 g/mol. The van der Waals surface area contributed by atoms with Crippen LogP contribution >= 0.6 is 11.3 Å². The number of thiophene rings is 1. The fourth-order valence-corrected chi connectivity index (χ4v) is 2.70. The predicted octanol–water partition coefficient (Wildman–Crippen LogP) is 3.07. The highest BCUT2D eigenvalue weighted by atomic mass is 32.1. The van der Waals surface area contributed by atoms with Crippen molar-refractivity contribution in [2.24, 2.45) is 0 Å². The van der Waals surface area contributed by atoms with Crippen molar-refractivity contribution in [1.29, 1.82) is 0 Å². The normalized spacial score (nSPS) is 12.6. The molecule has 0 spiro atoms. The summed E-state index contributed by atoms with van der Waals surface area (Å²) in [6, 6.07) is 1.94. The molecule has 104 valence electrons. The van der Waals surface area contributed by atoms with Crippen LogP contribution in [0.1, 0.15) is 46.8 Å². The van der Waals surface area contributed by atoms with E-state index in [0.29, 0.717) is 4.88 Å². The minimum absolute atomic E-state index is 0.0935. The summed E-state index contributed by atoms with van der Waals surface area (Å²) in [6.07, 6.45) is 4.58. The zero-order valence-electron chi connectivity index (χ0n) is 11.4. The quantitative estimate of drug-likeness (QED) is 0.787. The molecule has 1 atom stereocenters. The van der Waals surface area contributed by atoms with Crippen LogP contribution in [0.25, 0.3) is 6.08 Å². The molecule has 1 unspecified atom stereocenters. The van der Waals surface area contributed by atoms with Crippen LogP contribution in [0.4, 0.5) is 0 Å². The van der Waals surface area contributed by atoms with Gasteiger partial charge in [0, 0.05) is 17.0 Å². The van der Waals surface area contributed by atoms with Gasteiger partial charge in [-0.3, -0.25) is 4.79 Å². The molecular formula is C14H19NO3S. The number of carbonyl (C=O) groups excluding carboxylic acids is 1. The Morgan fingerprint density at radius 1 is 1.53 bits per heavy atom. The minimum Gasteiger partial charge on any atom is -0.478 e. The van der Waals surface area contributed by atoms with Crippen LogP contribution in [0.2, 0.25) is 0 Å². The average Bonchev–Trinajstić information content (AvgIpc) is 2.68. The third kappa shape index (κ3) is 4.87. The molecule has 0 aliphatic carbocycles. The van der Waals surface area contributed by atoms with E-state index in [9.17, 15) is 9.59 Å². The molecule has 4 nitrogen and oxygen atoms in total. The van der Waals surface area contributed by atoms with Crippen molar-refractivity contribution in [2.75, 3.05) is 0 Å². The molecular weight excluding hydrogens is 262 g/mol. The van der Waals surface area contributed by atoms with Crippen LogP contribution in [0.3, 0.4) is 0 Å². The molecule has 1 amide bonds. The Morgan fingerprint density at radius 2 is 2.21 bits per heavy atom. The number of nitrogens with one attached hydrogen (secondary N) is 1. The van der Waals surface area contributed by atoms with Crippen molar-refractivity contribution in [2.45, 2.75) is 39.7 Å². The van der Waals surface area contributed by atoms with Gasteiger partial charge in [-0.1, -0.05) is 13.3 Å². The summed E-state index contributed by atoms with van der Waals surface area (Å²) in [6.45, 7) is 5.92. The molecule has 0 saturated heterocycles. The fourth-order valence-electron chi connectivity index (χ4n) is 1.72. The summed E-state index contributed by atoms with van der Waals surface area (Å²) in [7, 11) is 0. The minimum atomic E-state index is -0.990. The lowest BCUT2D eigenvalue weighted by Crippen LogP contribution is -2.31. The Hall–Kier alpha value is -1.62. The Bertz CT molecular complexity index is 491. The van der Waals surface area contributed by atoms with E-state index in [2.05, 4.69) is 12.2 Å². The lowest BCUT2D eigenvalue weighted by molar-refractivity contribution is -0.131. The summed E-state index contributed by atoms with van der Waals surface area (Å²) in [5.41, 5.74) is 0.913. The first-order valence-corrected chi connectivity index (χ1v) is 7.08. The first-order valence-electron chi connectivity index (χ1n) is 6.26. The highest BCUT2D eigenvalue weighted by molar-refractivity contribution is 7.15. The predicted molar refractivity (Wildman–Crippen MR) is 77.6 cm³/mol. The Kier molecular flexibility index (Phi) is 5.76. The molecule has 1 heterocycles. The second-order valence-corrected chi connectivity index (χ2v) is 5.58. The second kappa shape index (κ2) is 7.09. The maximum atomic E-state index is 12.0. The first kappa shape index (κ1) is 15.4. The van der Waals surface area contributed by atoms with Gasteiger partial charge >= 0.3 is 5.97 Å². The summed E-state index contributed by atoms with van der Waals surface area (Å²) < 4.78 is 0. The number of hydrogen-bond donors (Lipinski definition) is 2. The molecule has 0 aliphatic heterocycles. The molecule has 1 aromatic heterocycles. The Balaban J connectivity index is 2.77. The maximum absolute atomic E-state index is 12.0. The molecule has 1 rings (SSSR count). The second-order valence-electron chi connectivity index (χ2n) is 4.49. The molecule has 0 bridgehead atoms. The topological polar surface area (TPSA) is 66.4 Å². The van der Waals surface area contributed by atoms with E-state index in [1.165, 1.54) is 17.4 Å². The van der Waals surface area contributed by atoms with E-state index in [0.717, 1.165) is 29.4 Å². The van der Waals surface area contributed by atoms with E-state index >= 15 is 0 Å². The summed E-state index contributed by atoms with van der Waals surface area (Å²) in [5.74, 6) is -1.08. The zero-order chi connectivity index (χ0) is 14.4. The smallest absolute Gasteiger partial charge is 0.328 e. The molecule has 19 heavy (non-hydrogen) atoms. The molecule has 0 saturated carbocycles. The number of amides is 1. The van der Waals surface area contributed by atoms with Crippen LogP contribution in [-0.2, 0) is 4.79 Å². The van der Waals surface area contributed by atoms with Crippen LogP contribution in [0, 0.1) is 6.92 Å². The largest absolute Gasteiger partial charge is 0.478 e. The van der Waals surface area contributed by atoms with Crippen LogP contribution < -0.4 is 5.32 Å². The van der Waals surface area contributed by atoms with E-state index in [4.69, 9.17) is 5.11 Å². The fraction of sp³-hybridized carbons (Fsp3) is 0.429. The van der Waals surface area contributed by atoms with Crippen molar-refractivity contribution < 1.29 is 14.7 Å². The van der Waals surface area contributed by atoms with Gasteiger partial charge in [-0.05, 0) is 38.0 Å². The SMILES string of the molecule is CCCC(C)NC(=O)c1cc(C)c(C=CC(=O)O)s1. The lowest BCUT2D eigenvalue weighted by Gasteiger charge is -2.11. The highest BCUT2D eigenvalue weighted by Crippen LogP contribution is 2.23. The first-order chi connectivity index (χ1) is 8.93. The Morgan fingerprint density at radius 3 is 2.79 bits per heavy atom. The molecule has 0 fully saturated rings. The molecule has 1 aromatic rings. The number of hydrogen-bond acceptors (Lipinski definition) is 3. The number of carboxylic acid groups (broad SMARTS) is 1. The molecule has 0 aliphatic rings. The maximum Gasteiger partial charge on any atom is 0.328 e. The molecule has 0 aromatic carbocycles. The number of carboxylic acids is 1.